The molecule has 0 unspecified atom stereocenters. The third-order valence-corrected chi connectivity index (χ3v) is 4.39. The lowest BCUT2D eigenvalue weighted by Gasteiger charge is -2.22. The van der Waals surface area contributed by atoms with Crippen LogP contribution in [0.4, 0.5) is 5.00 Å². The van der Waals surface area contributed by atoms with E-state index in [1.807, 2.05) is 20.9 Å². The first kappa shape index (κ1) is 14.0. The Balaban J connectivity index is 2.38. The number of primary amides is 1. The number of thiophene rings is 1. The van der Waals surface area contributed by atoms with E-state index < -0.39 is 5.91 Å². The van der Waals surface area contributed by atoms with Crippen LogP contribution in [0.5, 0.6) is 0 Å². The maximum Gasteiger partial charge on any atom is 0.251 e. The number of anilines is 1. The fraction of sp³-hybridized carbons (Fsp3) is 0.538. The highest BCUT2D eigenvalue weighted by atomic mass is 32.1. The summed E-state index contributed by atoms with van der Waals surface area (Å²) in [5, 5.41) is 3.43. The lowest BCUT2D eigenvalue weighted by molar-refractivity contribution is -0.118. The number of nitrogens with zero attached hydrogens (tertiary/aromatic N) is 1. The minimum atomic E-state index is -0.457. The van der Waals surface area contributed by atoms with Gasteiger partial charge in [-0.1, -0.05) is 13.8 Å². The van der Waals surface area contributed by atoms with Crippen molar-refractivity contribution in [2.45, 2.75) is 26.8 Å². The van der Waals surface area contributed by atoms with Crippen LogP contribution in [0.2, 0.25) is 0 Å². The summed E-state index contributed by atoms with van der Waals surface area (Å²) in [5.74, 6) is -0.668. The number of carbonyl (C=O) groups is 2. The van der Waals surface area contributed by atoms with E-state index in [2.05, 4.69) is 10.2 Å². The number of nitrogens with two attached hydrogens (primary N) is 1. The first-order chi connectivity index (χ1) is 8.90. The van der Waals surface area contributed by atoms with Gasteiger partial charge in [-0.2, -0.15) is 0 Å². The summed E-state index contributed by atoms with van der Waals surface area (Å²) in [7, 11) is 2.04. The van der Waals surface area contributed by atoms with Crippen molar-refractivity contribution in [3.8, 4) is 0 Å². The molecule has 0 bridgehead atoms. The minimum Gasteiger partial charge on any atom is -0.365 e. The van der Waals surface area contributed by atoms with Gasteiger partial charge < -0.3 is 16.0 Å². The van der Waals surface area contributed by atoms with Gasteiger partial charge in [0.25, 0.3) is 5.91 Å². The zero-order chi connectivity index (χ0) is 14.2. The van der Waals surface area contributed by atoms with Gasteiger partial charge in [0, 0.05) is 23.9 Å². The average Bonchev–Trinajstić information content (AvgIpc) is 2.65. The molecular formula is C13H19N3O2S. The van der Waals surface area contributed by atoms with Crippen molar-refractivity contribution in [3.05, 3.63) is 16.0 Å². The Hall–Kier alpha value is -1.40. The van der Waals surface area contributed by atoms with Crippen LogP contribution in [0.3, 0.4) is 0 Å². The van der Waals surface area contributed by atoms with Gasteiger partial charge in [-0.15, -0.1) is 11.3 Å². The van der Waals surface area contributed by atoms with Gasteiger partial charge in [0.2, 0.25) is 5.91 Å². The highest BCUT2D eigenvalue weighted by Crippen LogP contribution is 2.36. The summed E-state index contributed by atoms with van der Waals surface area (Å²) in [4.78, 5) is 26.8. The molecule has 1 aliphatic rings. The second-order valence-corrected chi connectivity index (χ2v) is 6.31. The highest BCUT2D eigenvalue weighted by Gasteiger charge is 2.26. The molecule has 2 heterocycles. The zero-order valence-electron chi connectivity index (χ0n) is 11.4. The molecular weight excluding hydrogens is 262 g/mol. The summed E-state index contributed by atoms with van der Waals surface area (Å²) in [5.41, 5.74) is 6.98. The molecule has 3 N–H and O–H groups in total. The van der Waals surface area contributed by atoms with Gasteiger partial charge in [-0.05, 0) is 19.0 Å². The zero-order valence-corrected chi connectivity index (χ0v) is 12.3. The summed E-state index contributed by atoms with van der Waals surface area (Å²) in [6, 6.07) is 0. The smallest absolute Gasteiger partial charge is 0.251 e. The predicted molar refractivity (Wildman–Crippen MR) is 76.3 cm³/mol. The highest BCUT2D eigenvalue weighted by molar-refractivity contribution is 7.17. The Kier molecular flexibility index (Phi) is 3.91. The lowest BCUT2D eigenvalue weighted by atomic mass is 10.0. The van der Waals surface area contributed by atoms with E-state index in [-0.39, 0.29) is 11.8 Å². The SMILES string of the molecule is CC(C)C(=O)Nc1sc2c(c1C(N)=O)CCN(C)C2. The van der Waals surface area contributed by atoms with Crippen LogP contribution in [0.1, 0.15) is 34.6 Å². The summed E-state index contributed by atoms with van der Waals surface area (Å²) < 4.78 is 0. The fourth-order valence-electron chi connectivity index (χ4n) is 2.14. The largest absolute Gasteiger partial charge is 0.365 e. The van der Waals surface area contributed by atoms with Crippen molar-refractivity contribution >= 4 is 28.2 Å². The van der Waals surface area contributed by atoms with Crippen LogP contribution in [0, 0.1) is 5.92 Å². The molecule has 1 aliphatic heterocycles. The molecule has 2 rings (SSSR count). The number of likely N-dealkylation sites (N-methyl/N-ethyl adjacent to an activating group) is 1. The van der Waals surface area contributed by atoms with Crippen molar-refractivity contribution in [1.29, 1.82) is 0 Å². The van der Waals surface area contributed by atoms with E-state index in [9.17, 15) is 9.59 Å². The van der Waals surface area contributed by atoms with Gasteiger partial charge in [-0.3, -0.25) is 9.59 Å². The van der Waals surface area contributed by atoms with Crippen molar-refractivity contribution in [2.24, 2.45) is 11.7 Å². The Morgan fingerprint density at radius 2 is 2.11 bits per heavy atom. The molecule has 1 aromatic heterocycles. The number of fused-ring (bicyclic) bond motifs is 1. The Labute approximate surface area is 116 Å². The molecule has 0 saturated heterocycles. The van der Waals surface area contributed by atoms with Crippen LogP contribution in [-0.4, -0.2) is 30.3 Å². The van der Waals surface area contributed by atoms with E-state index in [0.717, 1.165) is 30.0 Å². The Morgan fingerprint density at radius 1 is 1.42 bits per heavy atom. The predicted octanol–water partition coefficient (Wildman–Crippen LogP) is 1.43. The van der Waals surface area contributed by atoms with Gasteiger partial charge >= 0.3 is 0 Å². The molecule has 0 saturated carbocycles. The number of nitrogens with one attached hydrogen (secondary N) is 1. The standard InChI is InChI=1S/C13H19N3O2S/c1-7(2)12(18)15-13-10(11(14)17)8-4-5-16(3)6-9(8)19-13/h7H,4-6H2,1-3H3,(H2,14,17)(H,15,18). The monoisotopic (exact) mass is 281 g/mol. The number of hydrogen-bond donors (Lipinski definition) is 2. The first-order valence-electron chi connectivity index (χ1n) is 6.34. The topological polar surface area (TPSA) is 75.4 Å². The number of amides is 2. The van der Waals surface area contributed by atoms with Crippen molar-refractivity contribution in [3.63, 3.8) is 0 Å². The van der Waals surface area contributed by atoms with E-state index >= 15 is 0 Å². The van der Waals surface area contributed by atoms with Crippen LogP contribution < -0.4 is 11.1 Å². The Morgan fingerprint density at radius 3 is 2.68 bits per heavy atom. The van der Waals surface area contributed by atoms with Crippen LogP contribution >= 0.6 is 11.3 Å². The molecule has 1 aromatic rings. The second-order valence-electron chi connectivity index (χ2n) is 5.20. The van der Waals surface area contributed by atoms with E-state index in [0.29, 0.717) is 10.6 Å². The van der Waals surface area contributed by atoms with Gasteiger partial charge in [0.05, 0.1) is 5.56 Å². The normalized spacial score (nSPS) is 15.4. The third-order valence-electron chi connectivity index (χ3n) is 3.26. The Bertz CT molecular complexity index is 522. The fourth-order valence-corrected chi connectivity index (χ4v) is 3.47. The molecule has 2 amide bonds. The first-order valence-corrected chi connectivity index (χ1v) is 7.15. The molecule has 0 spiro atoms. The molecule has 5 nitrogen and oxygen atoms in total. The minimum absolute atomic E-state index is 0.0885. The van der Waals surface area contributed by atoms with Gasteiger partial charge in [-0.25, -0.2) is 0 Å². The molecule has 0 aromatic carbocycles. The maximum absolute atomic E-state index is 11.8. The van der Waals surface area contributed by atoms with Crippen LogP contribution in [0.15, 0.2) is 0 Å². The van der Waals surface area contributed by atoms with Crippen molar-refractivity contribution in [1.82, 2.24) is 4.90 Å². The summed E-state index contributed by atoms with van der Waals surface area (Å²) in [6.07, 6.45) is 0.804. The molecule has 0 fully saturated rings. The van der Waals surface area contributed by atoms with E-state index in [4.69, 9.17) is 5.73 Å². The lowest BCUT2D eigenvalue weighted by Crippen LogP contribution is -2.27. The molecule has 0 radical (unpaired) electrons. The van der Waals surface area contributed by atoms with Gasteiger partial charge in [0.1, 0.15) is 5.00 Å². The quantitative estimate of drug-likeness (QED) is 0.880. The second kappa shape index (κ2) is 5.30. The number of hydrogen-bond acceptors (Lipinski definition) is 4. The molecule has 6 heteroatoms. The van der Waals surface area contributed by atoms with E-state index in [1.54, 1.807) is 0 Å². The summed E-state index contributed by atoms with van der Waals surface area (Å²) >= 11 is 1.47. The van der Waals surface area contributed by atoms with Crippen LogP contribution in [-0.2, 0) is 17.8 Å². The number of carbonyl (C=O) groups excluding carboxylic acids is 2. The van der Waals surface area contributed by atoms with Crippen molar-refractivity contribution < 1.29 is 9.59 Å². The average molecular weight is 281 g/mol. The van der Waals surface area contributed by atoms with Crippen molar-refractivity contribution in [2.75, 3.05) is 18.9 Å². The van der Waals surface area contributed by atoms with E-state index in [1.165, 1.54) is 11.3 Å². The number of rotatable bonds is 3. The molecule has 0 aliphatic carbocycles. The molecule has 19 heavy (non-hydrogen) atoms. The molecule has 104 valence electrons. The summed E-state index contributed by atoms with van der Waals surface area (Å²) in [6.45, 7) is 5.35. The third kappa shape index (κ3) is 2.79. The molecule has 0 atom stereocenters. The van der Waals surface area contributed by atoms with Crippen LogP contribution in [0.25, 0.3) is 0 Å². The van der Waals surface area contributed by atoms with Gasteiger partial charge in [0.15, 0.2) is 0 Å². The maximum atomic E-state index is 11.8.